The molecule has 3 aromatic rings. The molecule has 10 atom stereocenters. The Balaban J connectivity index is 1.10. The number of aryl methyl sites for hydroxylation is 2. The first-order chi connectivity index (χ1) is 36.4. The zero-order valence-corrected chi connectivity index (χ0v) is 47.8. The number of rotatable bonds is 16. The summed E-state index contributed by atoms with van der Waals surface area (Å²) in [6.07, 6.45) is 5.18. The van der Waals surface area contributed by atoms with Gasteiger partial charge in [0.1, 0.15) is 24.2 Å². The molecule has 0 saturated carbocycles. The number of fused-ring (bicyclic) bond motifs is 2. The summed E-state index contributed by atoms with van der Waals surface area (Å²) >= 11 is 3.51. The maximum absolute atomic E-state index is 14.7. The fraction of sp³-hybridized carbons (Fsp3) is 0.552. The van der Waals surface area contributed by atoms with E-state index in [2.05, 4.69) is 70.6 Å². The second kappa shape index (κ2) is 24.7. The molecular formula is C58H79BrN10O8. The van der Waals surface area contributed by atoms with Gasteiger partial charge < -0.3 is 52.3 Å². The van der Waals surface area contributed by atoms with Gasteiger partial charge >= 0.3 is 0 Å². The number of halogens is 1. The summed E-state index contributed by atoms with van der Waals surface area (Å²) in [5.41, 5.74) is 3.13. The number of carbonyl (C=O) groups excluding carboxylic acids is 8. The summed E-state index contributed by atoms with van der Waals surface area (Å²) in [7, 11) is 3.30. The molecule has 3 aromatic carbocycles. The summed E-state index contributed by atoms with van der Waals surface area (Å²) in [4.78, 5) is 117. The monoisotopic (exact) mass is 1120 g/mol. The van der Waals surface area contributed by atoms with Gasteiger partial charge in [0.05, 0.1) is 29.7 Å². The van der Waals surface area contributed by atoms with E-state index in [-0.39, 0.29) is 72.8 Å². The van der Waals surface area contributed by atoms with Gasteiger partial charge in [0.15, 0.2) is 0 Å². The van der Waals surface area contributed by atoms with Gasteiger partial charge in [-0.15, -0.1) is 0 Å². The summed E-state index contributed by atoms with van der Waals surface area (Å²) in [5.74, 6) is -3.50. The van der Waals surface area contributed by atoms with Gasteiger partial charge in [0, 0.05) is 35.2 Å². The molecule has 7 rings (SSSR count). The van der Waals surface area contributed by atoms with Crippen molar-refractivity contribution in [3.05, 3.63) is 105 Å². The zero-order valence-electron chi connectivity index (χ0n) is 46.2. The predicted octanol–water partition coefficient (Wildman–Crippen LogP) is 4.51. The highest BCUT2D eigenvalue weighted by atomic mass is 79.9. The van der Waals surface area contributed by atoms with Crippen LogP contribution in [0.15, 0.2) is 71.2 Å². The second-order valence-corrected chi connectivity index (χ2v) is 24.3. The molecule has 2 fully saturated rings. The SMILES string of the molecule is CN[C@@H](C)C(=O)N[C@@H](C(=O)N1C[C@@H](NC(=O)c2ccc(Br)c(C(=O)N[C@H]3C[C@@H](C(=O)N[C@@H]4CCCc5ccccc54)N(C(=O)[C@H](NC(=O)[C@H](C)NC)C(C)(C)C)C3)c2)CC1C(=O)N[C@@H]1CCCc2ccccc21)C(C)(C)C. The lowest BCUT2D eigenvalue weighted by molar-refractivity contribution is -0.144. The van der Waals surface area contributed by atoms with Crippen LogP contribution in [0.25, 0.3) is 0 Å². The first-order valence-electron chi connectivity index (χ1n) is 27.1. The van der Waals surface area contributed by atoms with Crippen LogP contribution in [0.5, 0.6) is 0 Å². The Morgan fingerprint density at radius 3 is 1.40 bits per heavy atom. The lowest BCUT2D eigenvalue weighted by Crippen LogP contribution is -2.59. The molecule has 416 valence electrons. The number of hydrogen-bond acceptors (Lipinski definition) is 10. The number of carbonyl (C=O) groups is 8. The van der Waals surface area contributed by atoms with Crippen LogP contribution in [-0.4, -0.2) is 133 Å². The van der Waals surface area contributed by atoms with Crippen molar-refractivity contribution in [3.63, 3.8) is 0 Å². The van der Waals surface area contributed by atoms with E-state index in [1.807, 2.05) is 77.9 Å². The van der Waals surface area contributed by atoms with Crippen LogP contribution in [-0.2, 0) is 41.6 Å². The van der Waals surface area contributed by atoms with Crippen LogP contribution >= 0.6 is 15.9 Å². The van der Waals surface area contributed by atoms with Crippen LogP contribution in [0.4, 0.5) is 0 Å². The average Bonchev–Trinajstić information content (AvgIpc) is 4.03. The molecular weight excluding hydrogens is 1040 g/mol. The minimum absolute atomic E-state index is 0.0228. The average molecular weight is 1120 g/mol. The van der Waals surface area contributed by atoms with Crippen LogP contribution in [0, 0.1) is 10.8 Å². The van der Waals surface area contributed by atoms with Crippen molar-refractivity contribution >= 4 is 63.2 Å². The molecule has 8 amide bonds. The topological polar surface area (TPSA) is 239 Å². The molecule has 2 saturated heterocycles. The molecule has 8 N–H and O–H groups in total. The first-order valence-corrected chi connectivity index (χ1v) is 27.9. The molecule has 0 aromatic heterocycles. The Bertz CT molecular complexity index is 2720. The Morgan fingerprint density at radius 1 is 0.571 bits per heavy atom. The van der Waals surface area contributed by atoms with Crippen LogP contribution < -0.4 is 42.5 Å². The molecule has 19 heteroatoms. The van der Waals surface area contributed by atoms with Gasteiger partial charge in [0.2, 0.25) is 35.4 Å². The van der Waals surface area contributed by atoms with E-state index in [1.165, 1.54) is 15.9 Å². The third-order valence-corrected chi connectivity index (χ3v) is 16.4. The number of likely N-dealkylation sites (tertiary alicyclic amines) is 2. The number of nitrogens with zero attached hydrogens (tertiary/aromatic N) is 2. The van der Waals surface area contributed by atoms with Gasteiger partial charge in [0.25, 0.3) is 11.8 Å². The molecule has 77 heavy (non-hydrogen) atoms. The highest BCUT2D eigenvalue weighted by Gasteiger charge is 2.48. The van der Waals surface area contributed by atoms with E-state index < -0.39 is 82.8 Å². The summed E-state index contributed by atoms with van der Waals surface area (Å²) < 4.78 is 0.387. The molecule has 4 aliphatic rings. The van der Waals surface area contributed by atoms with E-state index >= 15 is 0 Å². The van der Waals surface area contributed by atoms with E-state index in [0.29, 0.717) is 4.47 Å². The number of hydrogen-bond donors (Lipinski definition) is 8. The fourth-order valence-electron chi connectivity index (χ4n) is 11.0. The minimum Gasteiger partial charge on any atom is -0.347 e. The van der Waals surface area contributed by atoms with Crippen LogP contribution in [0.1, 0.15) is 149 Å². The van der Waals surface area contributed by atoms with Crippen molar-refractivity contribution in [1.82, 2.24) is 52.3 Å². The second-order valence-electron chi connectivity index (χ2n) is 23.5. The Morgan fingerprint density at radius 2 is 0.987 bits per heavy atom. The Kier molecular flexibility index (Phi) is 18.7. The van der Waals surface area contributed by atoms with Crippen LogP contribution in [0.2, 0.25) is 0 Å². The van der Waals surface area contributed by atoms with E-state index in [1.54, 1.807) is 40.1 Å². The first kappa shape index (κ1) is 58.5. The van der Waals surface area contributed by atoms with Crippen molar-refractivity contribution < 1.29 is 38.4 Å². The van der Waals surface area contributed by atoms with E-state index in [4.69, 9.17) is 0 Å². The molecule has 0 radical (unpaired) electrons. The summed E-state index contributed by atoms with van der Waals surface area (Å²) in [6, 6.07) is 13.5. The van der Waals surface area contributed by atoms with E-state index in [0.717, 1.165) is 60.8 Å². The maximum Gasteiger partial charge on any atom is 0.252 e. The normalized spacial score (nSPS) is 22.7. The van der Waals surface area contributed by atoms with Crippen molar-refractivity contribution in [2.45, 2.75) is 167 Å². The molecule has 2 heterocycles. The standard InChI is InChI=1S/C58H79BrN10O8/c1-32(60-9)49(70)66-47(57(3,4)5)55(76)68-30-37(28-45(68)53(74)64-43-23-15-19-34-17-11-13-21-39(34)43)62-51(72)36-25-26-42(59)41(27-36)52(73)63-38-29-46(54(75)65-44-24-16-20-35-18-12-14-22-40(35)44)69(31-38)56(77)48(58(6,7)8)67-50(71)33(2)61-10/h11-14,17-18,21-22,25-27,32-33,37-38,43-48,60-61H,15-16,19-20,23-24,28-31H2,1-10H3,(H,62,72)(H,63,73)(H,64,74)(H,65,75)(H,66,70)(H,67,71)/t32-,33-,37-,38-,43+,44+,45?,46-,47-,48-/m0/s1. The van der Waals surface area contributed by atoms with Gasteiger partial charge in [-0.05, 0) is 147 Å². The number of likely N-dealkylation sites (N-methyl/N-ethyl adjacent to an activating group) is 2. The lowest BCUT2D eigenvalue weighted by atomic mass is 9.85. The van der Waals surface area contributed by atoms with Crippen LogP contribution in [0.3, 0.4) is 0 Å². The van der Waals surface area contributed by atoms with Crippen molar-refractivity contribution in [2.24, 2.45) is 10.8 Å². The molecule has 0 bridgehead atoms. The highest BCUT2D eigenvalue weighted by Crippen LogP contribution is 2.34. The molecule has 2 aliphatic heterocycles. The fourth-order valence-corrected chi connectivity index (χ4v) is 11.4. The maximum atomic E-state index is 14.7. The summed E-state index contributed by atoms with van der Waals surface area (Å²) in [6.45, 7) is 14.4. The van der Waals surface area contributed by atoms with Crippen molar-refractivity contribution in [3.8, 4) is 0 Å². The van der Waals surface area contributed by atoms with Crippen molar-refractivity contribution in [2.75, 3.05) is 27.2 Å². The smallest absolute Gasteiger partial charge is 0.252 e. The largest absolute Gasteiger partial charge is 0.347 e. The van der Waals surface area contributed by atoms with Gasteiger partial charge in [-0.1, -0.05) is 90.1 Å². The molecule has 2 aliphatic carbocycles. The molecule has 18 nitrogen and oxygen atoms in total. The Labute approximate surface area is 461 Å². The highest BCUT2D eigenvalue weighted by molar-refractivity contribution is 9.10. The number of benzene rings is 3. The third-order valence-electron chi connectivity index (χ3n) is 15.7. The summed E-state index contributed by atoms with van der Waals surface area (Å²) in [5, 5.41) is 24.2. The Hall–Kier alpha value is -6.18. The zero-order chi connectivity index (χ0) is 56.1. The number of amides is 8. The quantitative estimate of drug-likeness (QED) is 0.0999. The lowest BCUT2D eigenvalue weighted by Gasteiger charge is -2.36. The van der Waals surface area contributed by atoms with Gasteiger partial charge in [-0.25, -0.2) is 0 Å². The van der Waals surface area contributed by atoms with Gasteiger partial charge in [-0.3, -0.25) is 38.4 Å². The number of nitrogens with one attached hydrogen (secondary N) is 8. The van der Waals surface area contributed by atoms with Crippen molar-refractivity contribution in [1.29, 1.82) is 0 Å². The van der Waals surface area contributed by atoms with E-state index in [9.17, 15) is 38.4 Å². The van der Waals surface area contributed by atoms with Gasteiger partial charge in [-0.2, -0.15) is 0 Å². The molecule has 1 unspecified atom stereocenters. The third kappa shape index (κ3) is 13.8. The molecule has 0 spiro atoms. The predicted molar refractivity (Wildman–Crippen MR) is 297 cm³/mol. The minimum atomic E-state index is -1.01.